The van der Waals surface area contributed by atoms with Crippen LogP contribution in [0.5, 0.6) is 0 Å². The molecule has 2 aliphatic heterocycles. The van der Waals surface area contributed by atoms with Crippen LogP contribution in [-0.2, 0) is 9.59 Å². The van der Waals surface area contributed by atoms with Crippen LogP contribution in [0.15, 0.2) is 94.3 Å². The van der Waals surface area contributed by atoms with Gasteiger partial charge < -0.3 is 36.6 Å². The van der Waals surface area contributed by atoms with Crippen LogP contribution in [0.4, 0.5) is 49.1 Å². The van der Waals surface area contributed by atoms with Crippen molar-refractivity contribution in [1.29, 1.82) is 0 Å². The summed E-state index contributed by atoms with van der Waals surface area (Å²) in [7, 11) is 0. The third kappa shape index (κ3) is 14.5. The summed E-state index contributed by atoms with van der Waals surface area (Å²) in [5.41, 5.74) is 9.29. The minimum Gasteiger partial charge on any atom is -0.476 e. The Morgan fingerprint density at radius 1 is 0.657 bits per heavy atom. The summed E-state index contributed by atoms with van der Waals surface area (Å²) in [4.78, 5) is 59.9. The number of benzene rings is 2. The van der Waals surface area contributed by atoms with Gasteiger partial charge in [0.1, 0.15) is 15.7 Å². The molecule has 0 bridgehead atoms. The van der Waals surface area contributed by atoms with Crippen molar-refractivity contribution in [3.63, 3.8) is 0 Å². The molecule has 8 rings (SSSR count). The van der Waals surface area contributed by atoms with Gasteiger partial charge >= 0.3 is 30.1 Å². The van der Waals surface area contributed by atoms with E-state index in [1.165, 1.54) is 22.7 Å². The number of thiophene rings is 2. The number of piperidine rings is 2. The van der Waals surface area contributed by atoms with Gasteiger partial charge in [-0.25, -0.2) is 14.8 Å². The third-order valence-corrected chi connectivity index (χ3v) is 14.1. The molecule has 67 heavy (non-hydrogen) atoms. The van der Waals surface area contributed by atoms with Crippen molar-refractivity contribution in [3.05, 3.63) is 106 Å². The number of nitrogens with two attached hydrogens (primary N) is 1. The summed E-state index contributed by atoms with van der Waals surface area (Å²) < 4.78 is 73.9. The second-order valence-corrected chi connectivity index (χ2v) is 18.8. The van der Waals surface area contributed by atoms with Crippen LogP contribution >= 0.6 is 45.3 Å². The Labute approximate surface area is 396 Å². The van der Waals surface area contributed by atoms with Gasteiger partial charge in [0.25, 0.3) is 5.91 Å². The van der Waals surface area contributed by atoms with Crippen molar-refractivity contribution >= 4 is 91.8 Å². The molecular formula is C44H44F6N8O5S4. The fourth-order valence-corrected chi connectivity index (χ4v) is 10.4. The monoisotopic (exact) mass is 1010 g/mol. The number of aromatic nitrogens is 2. The van der Waals surface area contributed by atoms with Gasteiger partial charge in [-0.05, 0) is 84.7 Å². The lowest BCUT2D eigenvalue weighted by atomic mass is 9.97. The number of carboxylic acid groups (broad SMARTS) is 1. The van der Waals surface area contributed by atoms with Crippen molar-refractivity contribution in [2.75, 3.05) is 60.1 Å². The molecule has 23 heteroatoms. The molecular weight excluding hydrogens is 963 g/mol. The van der Waals surface area contributed by atoms with Crippen molar-refractivity contribution < 1.29 is 50.6 Å². The molecule has 6 heterocycles. The topological polar surface area (TPSA) is 183 Å². The van der Waals surface area contributed by atoms with Gasteiger partial charge in [-0.15, -0.1) is 45.3 Å². The molecule has 0 saturated carbocycles. The van der Waals surface area contributed by atoms with Crippen LogP contribution in [0.2, 0.25) is 0 Å². The molecule has 0 unspecified atom stereocenters. The van der Waals surface area contributed by atoms with E-state index in [4.69, 9.17) is 10.8 Å². The first-order chi connectivity index (χ1) is 32.0. The van der Waals surface area contributed by atoms with Gasteiger partial charge in [0.2, 0.25) is 0 Å². The lowest BCUT2D eigenvalue weighted by molar-refractivity contribution is -0.173. The first-order valence-corrected chi connectivity index (χ1v) is 24.1. The molecule has 6 N–H and O–H groups in total. The van der Waals surface area contributed by atoms with Crippen molar-refractivity contribution in [1.82, 2.24) is 20.6 Å². The lowest BCUT2D eigenvalue weighted by Gasteiger charge is -2.35. The SMILES string of the molecule is Nc1ccccc1N1CCC[C@@H](CNC(=O)C(F)(F)F)C1.O=C(Nc1ccccc1N1CCC[C@@H](CNC(=O)C(F)(F)F)C1)c1csc(-c2cccs2)n1.O=C(O)c1csc(-c2cccs2)n1. The molecule has 4 aromatic heterocycles. The first kappa shape index (κ1) is 50.4. The molecule has 356 valence electrons. The maximum atomic E-state index is 12.8. The van der Waals surface area contributed by atoms with E-state index >= 15 is 0 Å². The number of carbonyl (C=O) groups excluding carboxylic acids is 3. The van der Waals surface area contributed by atoms with E-state index in [0.717, 1.165) is 57.0 Å². The minimum absolute atomic E-state index is 0.00958. The fourth-order valence-electron chi connectivity index (χ4n) is 7.17. The van der Waals surface area contributed by atoms with Gasteiger partial charge in [0, 0.05) is 50.0 Å². The van der Waals surface area contributed by atoms with Crippen LogP contribution in [-0.4, -0.2) is 90.4 Å². The highest BCUT2D eigenvalue weighted by atomic mass is 32.1. The number of amides is 3. The molecule has 0 aliphatic carbocycles. The Balaban J connectivity index is 0.000000185. The Kier molecular flexibility index (Phi) is 17.4. The number of aromatic carboxylic acids is 1. The maximum Gasteiger partial charge on any atom is 0.471 e. The van der Waals surface area contributed by atoms with E-state index in [-0.39, 0.29) is 36.5 Å². The highest BCUT2D eigenvalue weighted by molar-refractivity contribution is 7.20. The molecule has 2 aromatic carbocycles. The quantitative estimate of drug-likeness (QED) is 0.0619. The van der Waals surface area contributed by atoms with Gasteiger partial charge in [-0.2, -0.15) is 26.3 Å². The number of para-hydroxylation sites is 4. The molecule has 2 aliphatic rings. The highest BCUT2D eigenvalue weighted by Crippen LogP contribution is 2.33. The van der Waals surface area contributed by atoms with Crippen molar-refractivity contribution in [2.24, 2.45) is 11.8 Å². The number of nitrogen functional groups attached to an aromatic ring is 1. The number of halogens is 6. The lowest BCUT2D eigenvalue weighted by Crippen LogP contribution is -2.44. The third-order valence-electron chi connectivity index (χ3n) is 10.3. The second kappa shape index (κ2) is 23.1. The summed E-state index contributed by atoms with van der Waals surface area (Å²) in [6.45, 7) is 2.57. The maximum absolute atomic E-state index is 12.8. The van der Waals surface area contributed by atoms with E-state index in [0.29, 0.717) is 43.1 Å². The molecule has 0 spiro atoms. The van der Waals surface area contributed by atoms with Crippen LogP contribution in [0.1, 0.15) is 46.7 Å². The number of thiazole rings is 2. The summed E-state index contributed by atoms with van der Waals surface area (Å²) in [6, 6.07) is 22.4. The van der Waals surface area contributed by atoms with E-state index in [9.17, 15) is 45.5 Å². The van der Waals surface area contributed by atoms with Crippen molar-refractivity contribution in [3.8, 4) is 19.8 Å². The molecule has 2 saturated heterocycles. The zero-order chi connectivity index (χ0) is 48.1. The van der Waals surface area contributed by atoms with Gasteiger partial charge in [-0.3, -0.25) is 14.4 Å². The zero-order valence-electron chi connectivity index (χ0n) is 35.3. The standard InChI is InChI=1S/C22H21F3N4O2S2.C14H18F3N3O.C8H5NO2S2/c23-22(24,25)21(31)26-11-14-5-3-9-29(12-14)17-7-2-1-6-15(17)27-19(30)16-13-33-20(28-16)18-8-4-10-32-18;15-14(16,17)13(21)19-8-10-4-3-7-20(9-10)12-6-2-1-5-11(12)18;10-8(11)5-4-13-7(9-5)6-2-1-3-12-6/h1-2,4,6-8,10,13-14H,3,5,9,11-12H2,(H,26,31)(H,27,30);1-2,5-6,10H,3-4,7-9,18H2,(H,19,21);1-4H,(H,10,11)/t14-;10-;/m00./s1. The molecule has 2 fully saturated rings. The average Bonchev–Trinajstić information content (AvgIpc) is 4.16. The van der Waals surface area contributed by atoms with E-state index < -0.39 is 30.1 Å². The molecule has 0 radical (unpaired) electrons. The Hall–Kier alpha value is -6.04. The minimum atomic E-state index is -4.88. The Morgan fingerprint density at radius 2 is 1.13 bits per heavy atom. The summed E-state index contributed by atoms with van der Waals surface area (Å²) >= 11 is 5.87. The number of carbonyl (C=O) groups is 4. The number of carboxylic acids is 1. The van der Waals surface area contributed by atoms with Crippen LogP contribution in [0.25, 0.3) is 19.8 Å². The average molecular weight is 1010 g/mol. The largest absolute Gasteiger partial charge is 0.476 e. The van der Waals surface area contributed by atoms with Gasteiger partial charge in [0.05, 0.1) is 32.5 Å². The predicted molar refractivity (Wildman–Crippen MR) is 251 cm³/mol. The smallest absolute Gasteiger partial charge is 0.471 e. The highest BCUT2D eigenvalue weighted by Gasteiger charge is 2.40. The number of rotatable bonds is 11. The summed E-state index contributed by atoms with van der Waals surface area (Å²) in [5, 5.41) is 24.2. The Bertz CT molecular complexity index is 2570. The second-order valence-electron chi connectivity index (χ2n) is 15.2. The summed E-state index contributed by atoms with van der Waals surface area (Å²) in [6.07, 6.45) is -6.57. The number of nitrogens with one attached hydrogen (secondary N) is 3. The van der Waals surface area contributed by atoms with Crippen LogP contribution < -0.4 is 31.5 Å². The number of hydrogen-bond acceptors (Lipinski definition) is 13. The number of nitrogens with zero attached hydrogens (tertiary/aromatic N) is 4. The first-order valence-electron chi connectivity index (χ1n) is 20.6. The van der Waals surface area contributed by atoms with E-state index in [2.05, 4.69) is 20.2 Å². The van der Waals surface area contributed by atoms with E-state index in [1.54, 1.807) is 45.6 Å². The normalized spacial score (nSPS) is 16.1. The van der Waals surface area contributed by atoms with Crippen molar-refractivity contribution in [2.45, 2.75) is 38.0 Å². The molecule has 2 atom stereocenters. The Morgan fingerprint density at radius 3 is 1.61 bits per heavy atom. The number of alkyl halides is 6. The van der Waals surface area contributed by atoms with Gasteiger partial charge in [0.15, 0.2) is 5.69 Å². The van der Waals surface area contributed by atoms with Crippen LogP contribution in [0, 0.1) is 11.8 Å². The van der Waals surface area contributed by atoms with Crippen LogP contribution in [0.3, 0.4) is 0 Å². The molecule has 13 nitrogen and oxygen atoms in total. The summed E-state index contributed by atoms with van der Waals surface area (Å²) in [5.74, 6) is -5.23. The molecule has 3 amide bonds. The van der Waals surface area contributed by atoms with Gasteiger partial charge in [-0.1, -0.05) is 36.4 Å². The molecule has 6 aromatic rings. The van der Waals surface area contributed by atoms with E-state index in [1.807, 2.05) is 87.0 Å². The number of anilines is 4. The predicted octanol–water partition coefficient (Wildman–Crippen LogP) is 9.75. The zero-order valence-corrected chi connectivity index (χ0v) is 38.6. The number of hydrogen-bond donors (Lipinski definition) is 5. The fraction of sp³-hybridized carbons (Fsp3) is 0.318.